The summed E-state index contributed by atoms with van der Waals surface area (Å²) in [5, 5.41) is 9.49. The zero-order valence-corrected chi connectivity index (χ0v) is 16.9. The summed E-state index contributed by atoms with van der Waals surface area (Å²) < 4.78 is 28.7. The minimum Gasteiger partial charge on any atom is -0.338 e. The molecule has 2 atom stereocenters. The third-order valence-electron chi connectivity index (χ3n) is 6.33. The summed E-state index contributed by atoms with van der Waals surface area (Å²) in [6, 6.07) is 6.72. The van der Waals surface area contributed by atoms with Gasteiger partial charge in [-0.15, -0.1) is 0 Å². The van der Waals surface area contributed by atoms with Crippen LogP contribution in [0.3, 0.4) is 0 Å². The maximum Gasteiger partial charge on any atom is 0.238 e. The van der Waals surface area contributed by atoms with Gasteiger partial charge in [-0.1, -0.05) is 31.1 Å². The van der Waals surface area contributed by atoms with Gasteiger partial charge in [0.15, 0.2) is 5.82 Å². The van der Waals surface area contributed by atoms with Gasteiger partial charge >= 0.3 is 0 Å². The number of hydrogen-bond acceptors (Lipinski definition) is 7. The van der Waals surface area contributed by atoms with Gasteiger partial charge < -0.3 is 4.52 Å². The summed E-state index contributed by atoms with van der Waals surface area (Å²) in [6.45, 7) is 4.31. The van der Waals surface area contributed by atoms with Crippen molar-refractivity contribution in [3.63, 3.8) is 0 Å². The van der Waals surface area contributed by atoms with E-state index in [1.54, 1.807) is 30.7 Å². The zero-order chi connectivity index (χ0) is 20.4. The molecule has 0 radical (unpaired) electrons. The molecule has 0 unspecified atom stereocenters. The number of nitrogens with zero attached hydrogens (tertiary/aromatic N) is 4. The number of primary sulfonamides is 1. The monoisotopic (exact) mass is 411 g/mol. The first-order valence-electron chi connectivity index (χ1n) is 9.47. The third kappa shape index (κ3) is 2.87. The molecule has 0 amide bonds. The number of hydrogen-bond donors (Lipinski definition) is 1. The second-order valence-electron chi connectivity index (χ2n) is 8.52. The van der Waals surface area contributed by atoms with Crippen molar-refractivity contribution in [3.05, 3.63) is 65.8 Å². The fraction of sp³-hybridized carbons (Fsp3) is 0.400. The lowest BCUT2D eigenvalue weighted by Crippen LogP contribution is -2.12. The maximum absolute atomic E-state index is 11.5. The van der Waals surface area contributed by atoms with Crippen LogP contribution < -0.4 is 5.14 Å². The minimum atomic E-state index is -3.70. The fourth-order valence-corrected chi connectivity index (χ4v) is 4.93. The first-order valence-corrected chi connectivity index (χ1v) is 11.0. The molecule has 2 saturated carbocycles. The molecule has 3 aromatic rings. The molecule has 1 aromatic carbocycles. The van der Waals surface area contributed by atoms with Gasteiger partial charge in [0, 0.05) is 30.4 Å². The Labute approximate surface area is 168 Å². The zero-order valence-electron chi connectivity index (χ0n) is 16.1. The van der Waals surface area contributed by atoms with Crippen molar-refractivity contribution in [2.75, 3.05) is 0 Å². The van der Waals surface area contributed by atoms with E-state index in [1.165, 1.54) is 0 Å². The Balaban J connectivity index is 1.43. The third-order valence-corrected chi connectivity index (χ3v) is 7.26. The van der Waals surface area contributed by atoms with Gasteiger partial charge in [0.05, 0.1) is 16.0 Å². The Kier molecular flexibility index (Phi) is 3.76. The van der Waals surface area contributed by atoms with E-state index in [9.17, 15) is 8.42 Å². The lowest BCUT2D eigenvalue weighted by Gasteiger charge is -2.07. The van der Waals surface area contributed by atoms with E-state index in [1.807, 2.05) is 12.1 Å². The largest absolute Gasteiger partial charge is 0.338 e. The van der Waals surface area contributed by atoms with Gasteiger partial charge in [0.1, 0.15) is 0 Å². The molecule has 0 bridgehead atoms. The summed E-state index contributed by atoms with van der Waals surface area (Å²) in [6.07, 6.45) is 6.92. The molecule has 5 rings (SSSR count). The van der Waals surface area contributed by atoms with Gasteiger partial charge in [-0.3, -0.25) is 9.97 Å². The molecule has 0 saturated heterocycles. The summed E-state index contributed by atoms with van der Waals surface area (Å²) in [5.41, 5.74) is 1.52. The molecule has 2 aliphatic rings. The average Bonchev–Trinajstić information content (AvgIpc) is 3.54. The molecule has 150 valence electrons. The molecule has 0 aliphatic heterocycles. The Bertz CT molecular complexity index is 1170. The molecule has 2 aliphatic carbocycles. The highest BCUT2D eigenvalue weighted by Gasteiger charge is 2.62. The first-order chi connectivity index (χ1) is 13.7. The summed E-state index contributed by atoms with van der Waals surface area (Å²) >= 11 is 0. The Hall–Kier alpha value is -2.65. The average molecular weight is 411 g/mol. The summed E-state index contributed by atoms with van der Waals surface area (Å²) in [5.74, 6) is 1.55. The van der Waals surface area contributed by atoms with E-state index >= 15 is 0 Å². The standard InChI is InChI=1S/C20H21N5O3S/c1-19(2)15(12-3-5-13(6-4-12)29(21,26)27)16(19)17-24-18(28-25-17)20(7-8-20)14-11-22-9-10-23-14/h3-6,9-11,15-16H,7-8H2,1-2H3,(H2,21,26,27)/t15-,16+/m0/s1. The Morgan fingerprint density at radius 1 is 1.10 bits per heavy atom. The number of benzene rings is 1. The number of rotatable bonds is 5. The van der Waals surface area contributed by atoms with Gasteiger partial charge in [-0.2, -0.15) is 4.98 Å². The van der Waals surface area contributed by atoms with Crippen LogP contribution in [0, 0.1) is 5.41 Å². The van der Waals surface area contributed by atoms with Crippen LogP contribution >= 0.6 is 0 Å². The predicted molar refractivity (Wildman–Crippen MR) is 103 cm³/mol. The maximum atomic E-state index is 11.5. The molecule has 2 aromatic heterocycles. The first kappa shape index (κ1) is 18.4. The molecule has 8 nitrogen and oxygen atoms in total. The highest BCUT2D eigenvalue weighted by molar-refractivity contribution is 7.89. The van der Waals surface area contributed by atoms with E-state index in [4.69, 9.17) is 14.6 Å². The lowest BCUT2D eigenvalue weighted by atomic mass is 10.0. The lowest BCUT2D eigenvalue weighted by molar-refractivity contribution is 0.352. The van der Waals surface area contributed by atoms with Crippen LogP contribution in [0.2, 0.25) is 0 Å². The summed E-state index contributed by atoms with van der Waals surface area (Å²) in [7, 11) is -3.70. The number of nitrogens with two attached hydrogens (primary N) is 1. The molecular weight excluding hydrogens is 390 g/mol. The SMILES string of the molecule is CC1(C)[C@@H](c2ccc(S(N)(=O)=O)cc2)[C@@H]1c1noc(C2(c3cnccn3)CC2)n1. The van der Waals surface area contributed by atoms with Crippen molar-refractivity contribution >= 4 is 10.0 Å². The highest BCUT2D eigenvalue weighted by Crippen LogP contribution is 2.69. The van der Waals surface area contributed by atoms with E-state index < -0.39 is 10.0 Å². The molecule has 2 N–H and O–H groups in total. The van der Waals surface area contributed by atoms with Crippen molar-refractivity contribution in [1.29, 1.82) is 0 Å². The van der Waals surface area contributed by atoms with Gasteiger partial charge in [-0.25, -0.2) is 13.6 Å². The van der Waals surface area contributed by atoms with Crippen LogP contribution in [-0.4, -0.2) is 28.5 Å². The molecule has 2 fully saturated rings. The highest BCUT2D eigenvalue weighted by atomic mass is 32.2. The van der Waals surface area contributed by atoms with E-state index in [0.29, 0.717) is 11.7 Å². The van der Waals surface area contributed by atoms with Crippen molar-refractivity contribution in [1.82, 2.24) is 20.1 Å². The topological polar surface area (TPSA) is 125 Å². The minimum absolute atomic E-state index is 0.0620. The second kappa shape index (κ2) is 5.93. The molecule has 0 spiro atoms. The van der Waals surface area contributed by atoms with E-state index in [0.717, 1.165) is 24.1 Å². The Morgan fingerprint density at radius 2 is 1.83 bits per heavy atom. The van der Waals surface area contributed by atoms with Gasteiger partial charge in [-0.05, 0) is 36.0 Å². The van der Waals surface area contributed by atoms with E-state index in [2.05, 4.69) is 29.0 Å². The summed E-state index contributed by atoms with van der Waals surface area (Å²) in [4.78, 5) is 13.5. The van der Waals surface area contributed by atoms with Crippen LogP contribution in [0.15, 0.2) is 52.3 Å². The van der Waals surface area contributed by atoms with E-state index in [-0.39, 0.29) is 27.6 Å². The molecule has 2 heterocycles. The fourth-order valence-electron chi connectivity index (χ4n) is 4.41. The quantitative estimate of drug-likeness (QED) is 0.684. The number of sulfonamides is 1. The van der Waals surface area contributed by atoms with Gasteiger partial charge in [0.2, 0.25) is 15.9 Å². The van der Waals surface area contributed by atoms with Crippen LogP contribution in [0.4, 0.5) is 0 Å². The van der Waals surface area contributed by atoms with Crippen molar-refractivity contribution < 1.29 is 12.9 Å². The number of aromatic nitrogens is 4. The normalized spacial score (nSPS) is 24.2. The smallest absolute Gasteiger partial charge is 0.238 e. The predicted octanol–water partition coefficient (Wildman–Crippen LogP) is 2.49. The molecular formula is C20H21N5O3S. The van der Waals surface area contributed by atoms with Crippen LogP contribution in [0.5, 0.6) is 0 Å². The Morgan fingerprint density at radius 3 is 2.41 bits per heavy atom. The van der Waals surface area contributed by atoms with Crippen molar-refractivity contribution in [2.45, 2.75) is 48.8 Å². The van der Waals surface area contributed by atoms with Crippen LogP contribution in [0.1, 0.15) is 61.5 Å². The second-order valence-corrected chi connectivity index (χ2v) is 10.1. The van der Waals surface area contributed by atoms with Crippen molar-refractivity contribution in [2.24, 2.45) is 10.6 Å². The molecule has 9 heteroatoms. The van der Waals surface area contributed by atoms with Crippen molar-refractivity contribution in [3.8, 4) is 0 Å². The van der Waals surface area contributed by atoms with Crippen LogP contribution in [-0.2, 0) is 15.4 Å². The van der Waals surface area contributed by atoms with Crippen LogP contribution in [0.25, 0.3) is 0 Å². The molecule has 29 heavy (non-hydrogen) atoms. The van der Waals surface area contributed by atoms with Gasteiger partial charge in [0.25, 0.3) is 0 Å².